The molecule has 0 bridgehead atoms. The molecule has 24 heavy (non-hydrogen) atoms. The van der Waals surface area contributed by atoms with Crippen molar-refractivity contribution in [2.45, 2.75) is 19.3 Å². The molecule has 4 rings (SSSR count). The highest BCUT2D eigenvalue weighted by Crippen LogP contribution is 2.23. The van der Waals surface area contributed by atoms with Crippen molar-refractivity contribution in [1.29, 1.82) is 0 Å². The molecule has 3 heterocycles. The van der Waals surface area contributed by atoms with Crippen LogP contribution in [0, 0.1) is 5.92 Å². The number of likely N-dealkylation sites (tertiary alicyclic amines) is 1. The highest BCUT2D eigenvalue weighted by molar-refractivity contribution is 6.05. The van der Waals surface area contributed by atoms with Crippen LogP contribution in [0.25, 0.3) is 10.8 Å². The summed E-state index contributed by atoms with van der Waals surface area (Å²) in [5.41, 5.74) is 1.70. The van der Waals surface area contributed by atoms with Crippen LogP contribution in [-0.2, 0) is 6.42 Å². The van der Waals surface area contributed by atoms with Crippen LogP contribution in [0.5, 0.6) is 0 Å². The van der Waals surface area contributed by atoms with Gasteiger partial charge in [0, 0.05) is 36.6 Å². The number of hydrogen-bond acceptors (Lipinski definition) is 3. The van der Waals surface area contributed by atoms with E-state index in [-0.39, 0.29) is 5.91 Å². The zero-order chi connectivity index (χ0) is 16.4. The molecule has 1 N–H and O–H groups in total. The third kappa shape index (κ3) is 2.89. The number of aromatic nitrogens is 3. The Morgan fingerprint density at radius 2 is 2.12 bits per heavy atom. The summed E-state index contributed by atoms with van der Waals surface area (Å²) in [6.07, 6.45) is 6.62. The summed E-state index contributed by atoms with van der Waals surface area (Å²) in [5, 5.41) is 9.02. The van der Waals surface area contributed by atoms with Gasteiger partial charge in [-0.2, -0.15) is 5.10 Å². The second kappa shape index (κ2) is 6.43. The Morgan fingerprint density at radius 1 is 1.21 bits per heavy atom. The van der Waals surface area contributed by atoms with E-state index in [0.717, 1.165) is 48.8 Å². The van der Waals surface area contributed by atoms with Gasteiger partial charge in [0.15, 0.2) is 0 Å². The Hall–Kier alpha value is -2.69. The van der Waals surface area contributed by atoms with Crippen LogP contribution in [-0.4, -0.2) is 39.1 Å². The summed E-state index contributed by atoms with van der Waals surface area (Å²) < 4.78 is 0. The Morgan fingerprint density at radius 3 is 3.00 bits per heavy atom. The number of aromatic amines is 1. The van der Waals surface area contributed by atoms with Gasteiger partial charge in [-0.3, -0.25) is 14.9 Å². The molecule has 1 unspecified atom stereocenters. The van der Waals surface area contributed by atoms with Gasteiger partial charge in [0.2, 0.25) is 0 Å². The summed E-state index contributed by atoms with van der Waals surface area (Å²) >= 11 is 0. The quantitative estimate of drug-likeness (QED) is 0.807. The highest BCUT2D eigenvalue weighted by atomic mass is 16.2. The number of nitrogens with one attached hydrogen (secondary N) is 1. The molecule has 122 valence electrons. The van der Waals surface area contributed by atoms with E-state index in [1.165, 1.54) is 0 Å². The van der Waals surface area contributed by atoms with E-state index >= 15 is 0 Å². The topological polar surface area (TPSA) is 61.9 Å². The molecule has 1 amide bonds. The number of carbonyl (C=O) groups excluding carboxylic acids is 1. The van der Waals surface area contributed by atoms with Gasteiger partial charge < -0.3 is 4.90 Å². The lowest BCUT2D eigenvalue weighted by molar-refractivity contribution is 0.0669. The molecule has 2 aromatic heterocycles. The van der Waals surface area contributed by atoms with Crippen molar-refractivity contribution < 1.29 is 4.79 Å². The van der Waals surface area contributed by atoms with Gasteiger partial charge in [-0.25, -0.2) is 0 Å². The van der Waals surface area contributed by atoms with Crippen molar-refractivity contribution in [1.82, 2.24) is 20.1 Å². The van der Waals surface area contributed by atoms with Crippen molar-refractivity contribution in [2.75, 3.05) is 13.1 Å². The second-order valence-electron chi connectivity index (χ2n) is 6.43. The van der Waals surface area contributed by atoms with Crippen molar-refractivity contribution in [3.8, 4) is 0 Å². The molecule has 5 nitrogen and oxygen atoms in total. The highest BCUT2D eigenvalue weighted by Gasteiger charge is 2.26. The van der Waals surface area contributed by atoms with Crippen LogP contribution in [0.4, 0.5) is 0 Å². The van der Waals surface area contributed by atoms with Crippen LogP contribution < -0.4 is 0 Å². The van der Waals surface area contributed by atoms with Crippen molar-refractivity contribution in [3.63, 3.8) is 0 Å². The summed E-state index contributed by atoms with van der Waals surface area (Å²) in [6.45, 7) is 1.59. The molecule has 0 saturated carbocycles. The van der Waals surface area contributed by atoms with Crippen LogP contribution in [0.2, 0.25) is 0 Å². The number of carbonyl (C=O) groups is 1. The third-order valence-corrected chi connectivity index (χ3v) is 4.75. The maximum absolute atomic E-state index is 13.0. The molecular formula is C19H20N4O. The minimum atomic E-state index is 0.0427. The second-order valence-corrected chi connectivity index (χ2v) is 6.43. The van der Waals surface area contributed by atoms with Crippen molar-refractivity contribution in [2.24, 2.45) is 5.92 Å². The molecule has 1 atom stereocenters. The van der Waals surface area contributed by atoms with Gasteiger partial charge in [0.25, 0.3) is 5.91 Å². The molecule has 3 aromatic rings. The number of pyridine rings is 1. The van der Waals surface area contributed by atoms with Crippen LogP contribution in [0.15, 0.2) is 48.8 Å². The van der Waals surface area contributed by atoms with Gasteiger partial charge in [0.05, 0.1) is 0 Å². The van der Waals surface area contributed by atoms with E-state index in [1.807, 2.05) is 41.3 Å². The number of fused-ring (bicyclic) bond motifs is 1. The third-order valence-electron chi connectivity index (χ3n) is 4.75. The lowest BCUT2D eigenvalue weighted by atomic mass is 9.93. The standard InChI is InChI=1S/C19H20N4O/c24-19(18-17-6-2-1-5-15(17)7-9-20-18)23-11-3-4-14(13-23)12-16-8-10-21-22-16/h1-2,5-10,14H,3-4,11-13H2,(H,21,22). The SMILES string of the molecule is O=C(c1nccc2ccccc12)N1CCCC(Cc2ccn[nH]2)C1. The summed E-state index contributed by atoms with van der Waals surface area (Å²) in [7, 11) is 0. The first-order valence-corrected chi connectivity index (χ1v) is 8.42. The number of H-pyrrole nitrogens is 1. The fraction of sp³-hybridized carbons (Fsp3) is 0.316. The Bertz CT molecular complexity index is 838. The van der Waals surface area contributed by atoms with Gasteiger partial charge in [0.1, 0.15) is 5.69 Å². The van der Waals surface area contributed by atoms with E-state index in [9.17, 15) is 4.79 Å². The predicted octanol–water partition coefficient (Wildman–Crippen LogP) is 3.05. The minimum absolute atomic E-state index is 0.0427. The van der Waals surface area contributed by atoms with Crippen LogP contribution in [0.3, 0.4) is 0 Å². The van der Waals surface area contributed by atoms with Crippen molar-refractivity contribution in [3.05, 3.63) is 60.2 Å². The van der Waals surface area contributed by atoms with Gasteiger partial charge in [-0.05, 0) is 42.7 Å². The first-order valence-electron chi connectivity index (χ1n) is 8.42. The largest absolute Gasteiger partial charge is 0.337 e. The summed E-state index contributed by atoms with van der Waals surface area (Å²) in [4.78, 5) is 19.3. The number of benzene rings is 1. The number of rotatable bonds is 3. The Kier molecular flexibility index (Phi) is 3.99. The molecule has 0 radical (unpaired) electrons. The molecular weight excluding hydrogens is 300 g/mol. The fourth-order valence-electron chi connectivity index (χ4n) is 3.57. The lowest BCUT2D eigenvalue weighted by Gasteiger charge is -2.32. The smallest absolute Gasteiger partial charge is 0.273 e. The van der Waals surface area contributed by atoms with E-state index in [0.29, 0.717) is 11.6 Å². The van der Waals surface area contributed by atoms with E-state index < -0.39 is 0 Å². The summed E-state index contributed by atoms with van der Waals surface area (Å²) in [5.74, 6) is 0.513. The average molecular weight is 320 g/mol. The van der Waals surface area contributed by atoms with E-state index in [1.54, 1.807) is 12.4 Å². The number of piperidine rings is 1. The van der Waals surface area contributed by atoms with E-state index in [4.69, 9.17) is 0 Å². The molecule has 1 aliphatic heterocycles. The Labute approximate surface area is 140 Å². The zero-order valence-corrected chi connectivity index (χ0v) is 13.5. The monoisotopic (exact) mass is 320 g/mol. The van der Waals surface area contributed by atoms with Gasteiger partial charge in [-0.1, -0.05) is 24.3 Å². The average Bonchev–Trinajstić information content (AvgIpc) is 3.14. The zero-order valence-electron chi connectivity index (χ0n) is 13.5. The Balaban J connectivity index is 1.55. The minimum Gasteiger partial charge on any atom is -0.337 e. The first kappa shape index (κ1) is 14.9. The predicted molar refractivity (Wildman–Crippen MR) is 92.7 cm³/mol. The molecule has 1 aliphatic rings. The molecule has 1 saturated heterocycles. The van der Waals surface area contributed by atoms with Gasteiger partial charge >= 0.3 is 0 Å². The van der Waals surface area contributed by atoms with Crippen LogP contribution in [0.1, 0.15) is 29.0 Å². The number of amides is 1. The lowest BCUT2D eigenvalue weighted by Crippen LogP contribution is -2.41. The molecule has 1 fully saturated rings. The normalized spacial score (nSPS) is 18.0. The van der Waals surface area contributed by atoms with Crippen molar-refractivity contribution >= 4 is 16.7 Å². The number of nitrogens with zero attached hydrogens (tertiary/aromatic N) is 3. The van der Waals surface area contributed by atoms with Gasteiger partial charge in [-0.15, -0.1) is 0 Å². The molecule has 0 aliphatic carbocycles. The van der Waals surface area contributed by atoms with E-state index in [2.05, 4.69) is 15.2 Å². The maximum Gasteiger partial charge on any atom is 0.273 e. The molecule has 5 heteroatoms. The number of hydrogen-bond donors (Lipinski definition) is 1. The molecule has 0 spiro atoms. The maximum atomic E-state index is 13.0. The first-order chi connectivity index (χ1) is 11.8. The fourth-order valence-corrected chi connectivity index (χ4v) is 3.57. The molecule has 1 aromatic carbocycles. The summed E-state index contributed by atoms with van der Waals surface area (Å²) in [6, 6.07) is 11.9. The van der Waals surface area contributed by atoms with Crippen LogP contribution >= 0.6 is 0 Å².